The molecule has 180 valence electrons. The van der Waals surface area contributed by atoms with Gasteiger partial charge in [0.15, 0.2) is 5.70 Å². The predicted molar refractivity (Wildman–Crippen MR) is 123 cm³/mol. The van der Waals surface area contributed by atoms with Crippen LogP contribution in [0.2, 0.25) is 0 Å². The predicted octanol–water partition coefficient (Wildman–Crippen LogP) is 4.32. The lowest BCUT2D eigenvalue weighted by Gasteiger charge is -2.38. The quantitative estimate of drug-likeness (QED) is 0.296. The summed E-state index contributed by atoms with van der Waals surface area (Å²) < 4.78 is 38.8. The van der Waals surface area contributed by atoms with Crippen LogP contribution in [0.5, 0.6) is 0 Å². The average molecular weight is 465 g/mol. The van der Waals surface area contributed by atoms with E-state index >= 15 is 0 Å². The van der Waals surface area contributed by atoms with E-state index in [2.05, 4.69) is 22.0 Å². The smallest absolute Gasteiger partial charge is 0.391 e. The van der Waals surface area contributed by atoms with Gasteiger partial charge in [0, 0.05) is 44.8 Å². The number of aliphatic imine (C=N–C) groups is 1. The fourth-order valence-electron chi connectivity index (χ4n) is 3.83. The zero-order valence-electron chi connectivity index (χ0n) is 19.1. The molecule has 0 aromatic heterocycles. The van der Waals surface area contributed by atoms with Gasteiger partial charge in [0.25, 0.3) is 0 Å². The number of oxime groups is 1. The van der Waals surface area contributed by atoms with E-state index < -0.39 is 12.1 Å². The van der Waals surface area contributed by atoms with Crippen molar-refractivity contribution in [3.05, 3.63) is 35.7 Å². The van der Waals surface area contributed by atoms with Crippen LogP contribution in [0.25, 0.3) is 0 Å². The van der Waals surface area contributed by atoms with E-state index in [0.29, 0.717) is 5.57 Å². The van der Waals surface area contributed by atoms with Crippen LogP contribution in [-0.4, -0.2) is 72.9 Å². The molecule has 1 saturated heterocycles. The fraction of sp³-hybridized carbons (Fsp3) is 0.565. The molecule has 1 heterocycles. The molecule has 0 amide bonds. The average Bonchev–Trinajstić information content (AvgIpc) is 2.80. The van der Waals surface area contributed by atoms with Gasteiger partial charge in [0.1, 0.15) is 12.7 Å². The first-order valence-electron chi connectivity index (χ1n) is 11.0. The maximum Gasteiger partial charge on any atom is 0.395 e. The molecule has 10 heteroatoms. The Morgan fingerprint density at radius 3 is 2.70 bits per heavy atom. The van der Waals surface area contributed by atoms with Crippen molar-refractivity contribution in [3.8, 4) is 6.07 Å². The molecule has 0 radical (unpaired) electrons. The second-order valence-electron chi connectivity index (χ2n) is 7.98. The minimum atomic E-state index is -4.25. The van der Waals surface area contributed by atoms with Crippen molar-refractivity contribution in [1.29, 1.82) is 10.7 Å². The molecule has 2 atom stereocenters. The molecule has 7 nitrogen and oxygen atoms in total. The van der Waals surface area contributed by atoms with Gasteiger partial charge in [-0.1, -0.05) is 36.7 Å². The number of hydrogen-bond donors (Lipinski definition) is 1. The van der Waals surface area contributed by atoms with Gasteiger partial charge >= 0.3 is 6.18 Å². The van der Waals surface area contributed by atoms with E-state index in [0.717, 1.165) is 50.9 Å². The molecule has 2 aliphatic rings. The van der Waals surface area contributed by atoms with Gasteiger partial charge in [-0.25, -0.2) is 4.99 Å². The zero-order chi connectivity index (χ0) is 24.3. The summed E-state index contributed by atoms with van der Waals surface area (Å²) in [6, 6.07) is 2.09. The molecule has 1 fully saturated rings. The van der Waals surface area contributed by atoms with Gasteiger partial charge in [-0.05, 0) is 25.3 Å². The highest BCUT2D eigenvalue weighted by molar-refractivity contribution is 6.14. The molecule has 0 bridgehead atoms. The van der Waals surface area contributed by atoms with Gasteiger partial charge in [-0.15, -0.1) is 0 Å². The Bertz CT molecular complexity index is 845. The Morgan fingerprint density at radius 2 is 2.09 bits per heavy atom. The van der Waals surface area contributed by atoms with Crippen LogP contribution in [-0.2, 0) is 4.84 Å². The SMILES string of the molecule is CCCC(/C(C)=N/OCC1=CC(C(F)(F)F)CC=C1)N1CCN(/C=C(\C#N)N=CC=N)CC1. The van der Waals surface area contributed by atoms with Crippen LogP contribution >= 0.6 is 0 Å². The molecule has 1 aliphatic heterocycles. The van der Waals surface area contributed by atoms with Crippen molar-refractivity contribution < 1.29 is 18.0 Å². The summed E-state index contributed by atoms with van der Waals surface area (Å²) in [7, 11) is 0. The van der Waals surface area contributed by atoms with Crippen molar-refractivity contribution in [3.63, 3.8) is 0 Å². The lowest BCUT2D eigenvalue weighted by Crippen LogP contribution is -2.51. The van der Waals surface area contributed by atoms with Crippen molar-refractivity contribution in [2.24, 2.45) is 16.1 Å². The summed E-state index contributed by atoms with van der Waals surface area (Å²) in [5, 5.41) is 20.4. The molecule has 0 saturated carbocycles. The minimum Gasteiger partial charge on any atom is -0.391 e. The van der Waals surface area contributed by atoms with Gasteiger partial charge in [0.2, 0.25) is 0 Å². The van der Waals surface area contributed by atoms with Crippen LogP contribution in [0.1, 0.15) is 33.1 Å². The number of hydrogen-bond acceptors (Lipinski definition) is 7. The van der Waals surface area contributed by atoms with Crippen LogP contribution in [0.3, 0.4) is 0 Å². The van der Waals surface area contributed by atoms with Crippen LogP contribution < -0.4 is 0 Å². The first-order chi connectivity index (χ1) is 15.8. The third-order valence-corrected chi connectivity index (χ3v) is 5.54. The molecule has 1 N–H and O–H groups in total. The molecule has 1 aliphatic carbocycles. The normalized spacial score (nSPS) is 21.6. The Kier molecular flexibility index (Phi) is 10.3. The maximum absolute atomic E-state index is 12.9. The highest BCUT2D eigenvalue weighted by Gasteiger charge is 2.38. The Labute approximate surface area is 193 Å². The largest absolute Gasteiger partial charge is 0.395 e. The first-order valence-corrected chi connectivity index (χ1v) is 11.0. The molecular weight excluding hydrogens is 433 g/mol. The number of piperazine rings is 1. The van der Waals surface area contributed by atoms with Crippen molar-refractivity contribution in [2.45, 2.75) is 45.3 Å². The van der Waals surface area contributed by atoms with Crippen molar-refractivity contribution >= 4 is 18.1 Å². The van der Waals surface area contributed by atoms with E-state index in [4.69, 9.17) is 15.5 Å². The number of nitriles is 1. The van der Waals surface area contributed by atoms with E-state index in [1.54, 1.807) is 12.3 Å². The van der Waals surface area contributed by atoms with Crippen LogP contribution in [0.4, 0.5) is 13.2 Å². The third kappa shape index (κ3) is 8.50. The highest BCUT2D eigenvalue weighted by atomic mass is 19.4. The van der Waals surface area contributed by atoms with E-state index in [9.17, 15) is 13.2 Å². The minimum absolute atomic E-state index is 0.00500. The van der Waals surface area contributed by atoms with E-state index in [1.807, 2.05) is 17.9 Å². The second kappa shape index (κ2) is 12.9. The summed E-state index contributed by atoms with van der Waals surface area (Å²) in [4.78, 5) is 13.7. The first kappa shape index (κ1) is 26.3. The lowest BCUT2D eigenvalue weighted by molar-refractivity contribution is -0.160. The summed E-state index contributed by atoms with van der Waals surface area (Å²) >= 11 is 0. The number of allylic oxidation sites excluding steroid dienone is 3. The molecule has 33 heavy (non-hydrogen) atoms. The summed E-state index contributed by atoms with van der Waals surface area (Å²) in [6.45, 7) is 6.95. The third-order valence-electron chi connectivity index (χ3n) is 5.54. The number of nitrogens with one attached hydrogen (secondary N) is 1. The van der Waals surface area contributed by atoms with Gasteiger partial charge in [-0.2, -0.15) is 18.4 Å². The maximum atomic E-state index is 12.9. The van der Waals surface area contributed by atoms with Gasteiger partial charge in [0.05, 0.1) is 17.7 Å². The summed E-state index contributed by atoms with van der Waals surface area (Å²) in [5.41, 5.74) is 1.52. The Hall–Kier alpha value is -2.93. The number of rotatable bonds is 10. The Balaban J connectivity index is 1.94. The number of halogens is 3. The molecule has 0 aromatic rings. The number of alkyl halides is 3. The van der Waals surface area contributed by atoms with Crippen molar-refractivity contribution in [2.75, 3.05) is 32.8 Å². The highest BCUT2D eigenvalue weighted by Crippen LogP contribution is 2.33. The van der Waals surface area contributed by atoms with Crippen molar-refractivity contribution in [1.82, 2.24) is 9.80 Å². The second-order valence-corrected chi connectivity index (χ2v) is 7.98. The molecular formula is C23H31F3N6O. The molecule has 2 rings (SSSR count). The standard InChI is InChI=1S/C23H31F3N6O/c1-3-5-22(32-12-10-31(11-13-32)16-21(15-28)29-9-8-27)18(2)30-33-17-19-6-4-7-20(14-19)23(24,25)26/h4,6,8-9,14,16,20,22,27H,3,5,7,10-13,17H2,1-2H3/b21-16+,27-8?,29-9?,30-18+. The topological polar surface area (TPSA) is 88.1 Å². The molecule has 0 aromatic carbocycles. The molecule has 2 unspecified atom stereocenters. The zero-order valence-corrected chi connectivity index (χ0v) is 19.1. The monoisotopic (exact) mass is 464 g/mol. The summed E-state index contributed by atoms with van der Waals surface area (Å²) in [6.07, 6.45) is 5.94. The van der Waals surface area contributed by atoms with E-state index in [-0.39, 0.29) is 24.8 Å². The summed E-state index contributed by atoms with van der Waals surface area (Å²) in [5.74, 6) is -1.47. The lowest BCUT2D eigenvalue weighted by atomic mass is 9.96. The van der Waals surface area contributed by atoms with Gasteiger partial charge in [-0.3, -0.25) is 4.90 Å². The van der Waals surface area contributed by atoms with E-state index in [1.165, 1.54) is 18.4 Å². The molecule has 0 spiro atoms. The van der Waals surface area contributed by atoms with Gasteiger partial charge < -0.3 is 15.1 Å². The Morgan fingerprint density at radius 1 is 1.36 bits per heavy atom. The van der Waals surface area contributed by atoms with Crippen LogP contribution in [0, 0.1) is 22.7 Å². The fourth-order valence-corrected chi connectivity index (χ4v) is 3.83. The van der Waals surface area contributed by atoms with Crippen LogP contribution in [0.15, 0.2) is 45.8 Å². The number of nitrogens with zero attached hydrogens (tertiary/aromatic N) is 5.